The van der Waals surface area contributed by atoms with Crippen LogP contribution in [-0.2, 0) is 20.9 Å². The summed E-state index contributed by atoms with van der Waals surface area (Å²) in [6.07, 6.45) is -2.41. The number of aliphatic hydroxyl groups is 3. The van der Waals surface area contributed by atoms with Crippen molar-refractivity contribution in [2.45, 2.75) is 99.9 Å². The van der Waals surface area contributed by atoms with Crippen LogP contribution in [0.2, 0.25) is 0 Å². The molecule has 2 fully saturated rings. The molecule has 0 aliphatic carbocycles. The minimum Gasteiger partial charge on any atom is -0.441 e. The van der Waals surface area contributed by atoms with Gasteiger partial charge in [0.1, 0.15) is 35.9 Å². The van der Waals surface area contributed by atoms with Gasteiger partial charge in [-0.1, -0.05) is 0 Å². The molecule has 3 heterocycles. The number of carbonyl (C=O) groups is 2. The molecule has 2 aliphatic heterocycles. The molecule has 15 heteroatoms. The van der Waals surface area contributed by atoms with Crippen LogP contribution in [0.4, 0.5) is 9.18 Å². The van der Waals surface area contributed by atoms with Gasteiger partial charge in [-0.05, 0) is 58.1 Å². The second-order valence-corrected chi connectivity index (χ2v) is 11.8. The minimum atomic E-state index is -1.54. The third kappa shape index (κ3) is 7.91. The molecule has 2 saturated heterocycles. The predicted molar refractivity (Wildman–Crippen MR) is 143 cm³/mol. The first-order chi connectivity index (χ1) is 19.0. The van der Waals surface area contributed by atoms with Crippen molar-refractivity contribution in [1.82, 2.24) is 10.2 Å². The number of hydrogen-bond acceptors (Lipinski definition) is 11. The van der Waals surface area contributed by atoms with Crippen LogP contribution in [0, 0.1) is 12.8 Å². The molecule has 228 valence electrons. The van der Waals surface area contributed by atoms with Gasteiger partial charge in [-0.15, -0.1) is 23.4 Å². The number of rotatable bonds is 10. The summed E-state index contributed by atoms with van der Waals surface area (Å²) in [5.41, 5.74) is -0.870. The molecule has 0 radical (unpaired) electrons. The molecule has 9 atom stereocenters. The number of alkyl halides is 2. The molecule has 1 aromatic heterocycles. The second kappa shape index (κ2) is 14.9. The maximum absolute atomic E-state index is 13.7. The van der Waals surface area contributed by atoms with Crippen molar-refractivity contribution in [1.29, 1.82) is 0 Å². The lowest BCUT2D eigenvalue weighted by atomic mass is 9.92. The number of ether oxygens (including phenoxy) is 2. The average molecular weight is 613 g/mol. The Labute approximate surface area is 240 Å². The lowest BCUT2D eigenvalue weighted by Gasteiger charge is -2.44. The molecule has 3 rings (SSSR count). The summed E-state index contributed by atoms with van der Waals surface area (Å²) in [5, 5.41) is 33.3. The molecule has 2 amide bonds. The van der Waals surface area contributed by atoms with E-state index < -0.39 is 71.8 Å². The number of thioether (sulfide) groups is 1. The van der Waals surface area contributed by atoms with Crippen molar-refractivity contribution in [3.05, 3.63) is 22.1 Å². The second-order valence-electron chi connectivity index (χ2n) is 10.1. The van der Waals surface area contributed by atoms with E-state index in [1.807, 2.05) is 0 Å². The molecule has 0 unspecified atom stereocenters. The van der Waals surface area contributed by atoms with Gasteiger partial charge in [0, 0.05) is 6.54 Å². The number of likely N-dealkylation sites (tertiary alicyclic amines) is 1. The van der Waals surface area contributed by atoms with E-state index in [0.717, 1.165) is 11.8 Å². The predicted octanol–water partition coefficient (Wildman–Crippen LogP) is 1.68. The zero-order chi connectivity index (χ0) is 29.6. The number of aryl methyl sites for hydroxylation is 1. The Morgan fingerprint density at radius 2 is 1.93 bits per heavy atom. The Kier molecular flexibility index (Phi) is 12.1. The van der Waals surface area contributed by atoms with Gasteiger partial charge < -0.3 is 38.9 Å². The summed E-state index contributed by atoms with van der Waals surface area (Å²) >= 11 is 7.53. The van der Waals surface area contributed by atoms with Gasteiger partial charge in [-0.25, -0.2) is 9.59 Å². The van der Waals surface area contributed by atoms with E-state index in [2.05, 4.69) is 5.32 Å². The van der Waals surface area contributed by atoms with Gasteiger partial charge in [0.25, 0.3) is 0 Å². The highest BCUT2D eigenvalue weighted by Crippen LogP contribution is 2.31. The summed E-state index contributed by atoms with van der Waals surface area (Å²) in [4.78, 5) is 39.4. The summed E-state index contributed by atoms with van der Waals surface area (Å²) in [7, 11) is 0. The van der Waals surface area contributed by atoms with Crippen LogP contribution in [0.25, 0.3) is 0 Å². The molecule has 1 aromatic rings. The number of nitrogens with one attached hydrogen (secondary N) is 1. The molecule has 0 spiro atoms. The first-order valence-corrected chi connectivity index (χ1v) is 15.0. The van der Waals surface area contributed by atoms with Gasteiger partial charge in [-0.3, -0.25) is 14.1 Å². The zero-order valence-corrected chi connectivity index (χ0v) is 24.2. The first kappa shape index (κ1) is 32.7. The topological polar surface area (TPSA) is 172 Å². The molecular formula is C25H38ClFN2O10S. The van der Waals surface area contributed by atoms with E-state index in [1.165, 1.54) is 11.8 Å². The van der Waals surface area contributed by atoms with Crippen LogP contribution >= 0.6 is 23.4 Å². The number of amides is 2. The fourth-order valence-corrected chi connectivity index (χ4v) is 6.00. The zero-order valence-electron chi connectivity index (χ0n) is 22.7. The van der Waals surface area contributed by atoms with Gasteiger partial charge in [-0.2, -0.15) is 0 Å². The molecule has 0 aromatic carbocycles. The Morgan fingerprint density at radius 3 is 2.52 bits per heavy atom. The highest BCUT2D eigenvalue weighted by Gasteiger charge is 2.48. The summed E-state index contributed by atoms with van der Waals surface area (Å²) in [6.45, 7) is 2.38. The number of aliphatic hydroxyl groups excluding tert-OH is 3. The maximum atomic E-state index is 13.7. The van der Waals surface area contributed by atoms with Crippen molar-refractivity contribution in [3.8, 4) is 0 Å². The summed E-state index contributed by atoms with van der Waals surface area (Å²) in [6, 6.07) is -1.99. The van der Waals surface area contributed by atoms with Crippen LogP contribution in [0.15, 0.2) is 13.6 Å². The average Bonchev–Trinajstić information content (AvgIpc) is 3.10. The van der Waals surface area contributed by atoms with Crippen LogP contribution < -0.4 is 11.1 Å². The van der Waals surface area contributed by atoms with Crippen LogP contribution in [0.3, 0.4) is 0 Å². The summed E-state index contributed by atoms with van der Waals surface area (Å²) < 4.78 is 33.7. The Morgan fingerprint density at radius 1 is 1.20 bits per heavy atom. The van der Waals surface area contributed by atoms with Crippen LogP contribution in [0.1, 0.15) is 50.5 Å². The number of nitrogens with zero attached hydrogens (tertiary/aromatic N) is 1. The smallest absolute Gasteiger partial charge is 0.441 e. The molecule has 40 heavy (non-hydrogen) atoms. The fraction of sp³-hybridized carbons (Fsp3) is 0.800. The Balaban J connectivity index is 1.79. The monoisotopic (exact) mass is 612 g/mol. The number of halogens is 2. The number of carbonyl (C=O) groups excluding carboxylic acids is 2. The largest absolute Gasteiger partial charge is 0.519 e. The normalized spacial score (nSPS) is 30.8. The van der Waals surface area contributed by atoms with Crippen molar-refractivity contribution < 1.29 is 47.6 Å². The third-order valence-electron chi connectivity index (χ3n) is 7.44. The van der Waals surface area contributed by atoms with Gasteiger partial charge >= 0.3 is 11.9 Å². The van der Waals surface area contributed by atoms with Gasteiger partial charge in [0.05, 0.1) is 18.1 Å². The highest BCUT2D eigenvalue weighted by atomic mass is 35.5. The Hall–Kier alpha value is -1.84. The van der Waals surface area contributed by atoms with Crippen LogP contribution in [0.5, 0.6) is 0 Å². The lowest BCUT2D eigenvalue weighted by molar-refractivity contribution is -0.205. The summed E-state index contributed by atoms with van der Waals surface area (Å²) in [5.74, 6) is -1.22. The third-order valence-corrected chi connectivity index (χ3v) is 8.57. The van der Waals surface area contributed by atoms with Crippen molar-refractivity contribution in [3.63, 3.8) is 0 Å². The molecule has 4 N–H and O–H groups in total. The van der Waals surface area contributed by atoms with E-state index in [0.29, 0.717) is 25.7 Å². The molecule has 12 nitrogen and oxygen atoms in total. The van der Waals surface area contributed by atoms with Gasteiger partial charge in [0.15, 0.2) is 18.1 Å². The van der Waals surface area contributed by atoms with Gasteiger partial charge in [0.2, 0.25) is 5.91 Å². The van der Waals surface area contributed by atoms with Crippen LogP contribution in [-0.4, -0.2) is 99.0 Å². The molecular weight excluding hydrogens is 575 g/mol. The minimum absolute atomic E-state index is 0.0403. The van der Waals surface area contributed by atoms with Crippen molar-refractivity contribution in [2.24, 2.45) is 5.92 Å². The molecule has 2 aliphatic rings. The van der Waals surface area contributed by atoms with E-state index in [4.69, 9.17) is 29.9 Å². The fourth-order valence-electron chi connectivity index (χ4n) is 5.12. The highest BCUT2D eigenvalue weighted by molar-refractivity contribution is 7.99. The quantitative estimate of drug-likeness (QED) is 0.283. The molecule has 0 bridgehead atoms. The Bertz CT molecular complexity index is 1040. The standard InChI is InChI=1S/C25H38ClFN2O10S/c1-12(26)17(21-19(31)18(30)20(32)23(39-21)40-3)28-22(33)15-7-6-14(5-4-9-27)8-10-29(15)24(34)36-11-16-13(2)37-25(35)38-16/h12,14-15,17-21,23,30-32H,4-11H2,1-3H3,(H,28,33)/t12-,14-,15-,17+,18-,19+,20+,21+,23+/m0/s1. The first-order valence-electron chi connectivity index (χ1n) is 13.2. The van der Waals surface area contributed by atoms with E-state index in [9.17, 15) is 34.1 Å². The number of hydrogen-bond donors (Lipinski definition) is 4. The van der Waals surface area contributed by atoms with Crippen molar-refractivity contribution in [2.75, 3.05) is 19.5 Å². The van der Waals surface area contributed by atoms with E-state index in [-0.39, 0.29) is 37.0 Å². The maximum Gasteiger partial charge on any atom is 0.519 e. The van der Waals surface area contributed by atoms with E-state index in [1.54, 1.807) is 13.2 Å². The SMILES string of the molecule is CS[C@H]1O[C@H]([C@H](NC(=O)[C@@H]2CC[C@H](CCCF)CCN2C(=O)OCc2oc(=O)oc2C)[C@H](C)Cl)[C@H](O)[C@H](O)[C@H]1O. The molecule has 0 saturated carbocycles. The van der Waals surface area contributed by atoms with E-state index >= 15 is 0 Å². The lowest BCUT2D eigenvalue weighted by Crippen LogP contribution is -2.65. The van der Waals surface area contributed by atoms with Crippen molar-refractivity contribution >= 4 is 35.4 Å².